The topological polar surface area (TPSA) is 94.6 Å². The van der Waals surface area contributed by atoms with Crippen molar-refractivity contribution in [2.75, 3.05) is 19.6 Å². The van der Waals surface area contributed by atoms with Crippen molar-refractivity contribution in [3.8, 4) is 0 Å². The number of carboxylic acid groups (broad SMARTS) is 1. The molecule has 3 N–H and O–H groups in total. The molecule has 2 saturated heterocycles. The van der Waals surface area contributed by atoms with Crippen LogP contribution in [0, 0.1) is 11.8 Å². The van der Waals surface area contributed by atoms with Crippen molar-refractivity contribution in [3.05, 3.63) is 30.1 Å². The maximum absolute atomic E-state index is 12.7. The number of rotatable bonds is 3. The Kier molecular flexibility index (Phi) is 4.35. The van der Waals surface area contributed by atoms with Gasteiger partial charge >= 0.3 is 5.97 Å². The Labute approximate surface area is 128 Å². The zero-order chi connectivity index (χ0) is 15.5. The third-order valence-corrected chi connectivity index (χ3v) is 4.52. The lowest BCUT2D eigenvalue weighted by Gasteiger charge is -2.33. The maximum Gasteiger partial charge on any atom is 0.306 e. The predicted octanol–water partition coefficient (Wildman–Crippen LogP) is 0.170. The second-order valence-corrected chi connectivity index (χ2v) is 5.83. The highest BCUT2D eigenvalue weighted by Gasteiger charge is 2.38. The molecule has 7 heteroatoms. The largest absolute Gasteiger partial charge is 0.481 e. The summed E-state index contributed by atoms with van der Waals surface area (Å²) in [7, 11) is 0. The number of hydrogen-bond acceptors (Lipinski definition) is 5. The molecule has 0 saturated carbocycles. The van der Waals surface area contributed by atoms with Crippen molar-refractivity contribution in [2.24, 2.45) is 11.8 Å². The molecule has 1 aromatic heterocycles. The molecule has 2 aliphatic heterocycles. The summed E-state index contributed by atoms with van der Waals surface area (Å²) in [5, 5.41) is 9.04. The standard InChI is InChI=1S/C15H20N4O3/c20-14(19-7-3-11(4-8-19)15(21)22)12-9-17-18-13(12)10-1-5-16-6-2-10/h1-2,5-6,11-13,17-18H,3-4,7-9H2,(H,21,22). The summed E-state index contributed by atoms with van der Waals surface area (Å²) >= 11 is 0. The van der Waals surface area contributed by atoms with Crippen molar-refractivity contribution >= 4 is 11.9 Å². The first-order valence-corrected chi connectivity index (χ1v) is 7.56. The number of carbonyl (C=O) groups excluding carboxylic acids is 1. The van der Waals surface area contributed by atoms with Gasteiger partial charge in [-0.2, -0.15) is 0 Å². The summed E-state index contributed by atoms with van der Waals surface area (Å²) in [4.78, 5) is 29.5. The Morgan fingerprint density at radius 1 is 1.23 bits per heavy atom. The van der Waals surface area contributed by atoms with Crippen LogP contribution in [0.4, 0.5) is 0 Å². The fraction of sp³-hybridized carbons (Fsp3) is 0.533. The molecule has 118 valence electrons. The lowest BCUT2D eigenvalue weighted by molar-refractivity contribution is -0.146. The number of likely N-dealkylation sites (tertiary alicyclic amines) is 1. The number of nitrogens with zero attached hydrogens (tertiary/aromatic N) is 2. The van der Waals surface area contributed by atoms with Gasteiger partial charge in [0.25, 0.3) is 0 Å². The normalized spacial score (nSPS) is 26.1. The molecule has 22 heavy (non-hydrogen) atoms. The summed E-state index contributed by atoms with van der Waals surface area (Å²) in [6.07, 6.45) is 4.51. The van der Waals surface area contributed by atoms with E-state index < -0.39 is 5.97 Å². The molecule has 0 bridgehead atoms. The molecular formula is C15H20N4O3. The van der Waals surface area contributed by atoms with Crippen LogP contribution in [0.1, 0.15) is 24.4 Å². The number of carbonyl (C=O) groups is 2. The molecule has 0 aliphatic carbocycles. The number of pyridine rings is 1. The SMILES string of the molecule is O=C(O)C1CCN(C(=O)C2CNNC2c2ccncc2)CC1. The second kappa shape index (κ2) is 6.41. The Balaban J connectivity index is 1.66. The quantitative estimate of drug-likeness (QED) is 0.737. The van der Waals surface area contributed by atoms with Gasteiger partial charge in [0.1, 0.15) is 0 Å². The van der Waals surface area contributed by atoms with Gasteiger partial charge < -0.3 is 10.0 Å². The average molecular weight is 304 g/mol. The predicted molar refractivity (Wildman–Crippen MR) is 78.5 cm³/mol. The van der Waals surface area contributed by atoms with Gasteiger partial charge in [-0.15, -0.1) is 0 Å². The maximum atomic E-state index is 12.7. The van der Waals surface area contributed by atoms with E-state index in [1.165, 1.54) is 0 Å². The summed E-state index contributed by atoms with van der Waals surface area (Å²) in [6.45, 7) is 1.62. The van der Waals surface area contributed by atoms with Crippen LogP contribution in [-0.4, -0.2) is 46.5 Å². The zero-order valence-electron chi connectivity index (χ0n) is 12.2. The molecule has 7 nitrogen and oxygen atoms in total. The van der Waals surface area contributed by atoms with E-state index >= 15 is 0 Å². The van der Waals surface area contributed by atoms with E-state index in [9.17, 15) is 9.59 Å². The molecule has 0 radical (unpaired) electrons. The van der Waals surface area contributed by atoms with E-state index in [1.807, 2.05) is 12.1 Å². The number of hydrogen-bond donors (Lipinski definition) is 3. The van der Waals surface area contributed by atoms with Crippen LogP contribution >= 0.6 is 0 Å². The minimum Gasteiger partial charge on any atom is -0.481 e. The van der Waals surface area contributed by atoms with Gasteiger partial charge in [0, 0.05) is 32.0 Å². The van der Waals surface area contributed by atoms with Gasteiger partial charge in [0.2, 0.25) is 5.91 Å². The van der Waals surface area contributed by atoms with E-state index in [2.05, 4.69) is 15.8 Å². The monoisotopic (exact) mass is 304 g/mol. The number of hydrazine groups is 1. The Hall–Kier alpha value is -1.99. The van der Waals surface area contributed by atoms with Crippen LogP contribution in [0.25, 0.3) is 0 Å². The minimum absolute atomic E-state index is 0.0762. The Bertz CT molecular complexity index is 543. The lowest BCUT2D eigenvalue weighted by atomic mass is 9.92. The summed E-state index contributed by atoms with van der Waals surface area (Å²) in [6, 6.07) is 3.73. The first kappa shape index (κ1) is 14.9. The van der Waals surface area contributed by atoms with Gasteiger partial charge in [-0.3, -0.25) is 20.0 Å². The highest BCUT2D eigenvalue weighted by molar-refractivity contribution is 5.81. The Morgan fingerprint density at radius 3 is 2.55 bits per heavy atom. The molecule has 2 unspecified atom stereocenters. The van der Waals surface area contributed by atoms with Gasteiger partial charge in [-0.25, -0.2) is 5.43 Å². The summed E-state index contributed by atoms with van der Waals surface area (Å²) in [5.41, 5.74) is 7.23. The number of aliphatic carboxylic acids is 1. The van der Waals surface area contributed by atoms with Crippen molar-refractivity contribution < 1.29 is 14.7 Å². The highest BCUT2D eigenvalue weighted by atomic mass is 16.4. The van der Waals surface area contributed by atoms with E-state index in [4.69, 9.17) is 5.11 Å². The summed E-state index contributed by atoms with van der Waals surface area (Å²) < 4.78 is 0. The van der Waals surface area contributed by atoms with Gasteiger partial charge in [-0.05, 0) is 30.5 Å². The van der Waals surface area contributed by atoms with Crippen LogP contribution in [0.5, 0.6) is 0 Å². The number of carboxylic acids is 1. The fourth-order valence-electron chi connectivity index (χ4n) is 3.19. The molecule has 3 rings (SSSR count). The first-order valence-electron chi connectivity index (χ1n) is 7.56. The lowest BCUT2D eigenvalue weighted by Crippen LogP contribution is -2.44. The number of amides is 1. The van der Waals surface area contributed by atoms with Crippen LogP contribution in [0.2, 0.25) is 0 Å². The minimum atomic E-state index is -0.758. The van der Waals surface area contributed by atoms with Crippen LogP contribution in [0.3, 0.4) is 0 Å². The second-order valence-electron chi connectivity index (χ2n) is 5.83. The molecule has 2 fully saturated rings. The summed E-state index contributed by atoms with van der Waals surface area (Å²) in [5.74, 6) is -1.17. The third-order valence-electron chi connectivity index (χ3n) is 4.52. The molecule has 2 aliphatic rings. The highest BCUT2D eigenvalue weighted by Crippen LogP contribution is 2.28. The van der Waals surface area contributed by atoms with Crippen molar-refractivity contribution in [2.45, 2.75) is 18.9 Å². The van der Waals surface area contributed by atoms with Crippen LogP contribution < -0.4 is 10.9 Å². The van der Waals surface area contributed by atoms with Crippen LogP contribution in [-0.2, 0) is 9.59 Å². The van der Waals surface area contributed by atoms with Crippen LogP contribution in [0.15, 0.2) is 24.5 Å². The Morgan fingerprint density at radius 2 is 1.91 bits per heavy atom. The van der Waals surface area contributed by atoms with E-state index in [0.29, 0.717) is 32.5 Å². The zero-order valence-corrected chi connectivity index (χ0v) is 12.2. The van der Waals surface area contributed by atoms with Gasteiger partial charge in [-0.1, -0.05) is 0 Å². The van der Waals surface area contributed by atoms with E-state index in [-0.39, 0.29) is 23.8 Å². The fourth-order valence-corrected chi connectivity index (χ4v) is 3.19. The van der Waals surface area contributed by atoms with Crippen molar-refractivity contribution in [1.29, 1.82) is 0 Å². The smallest absolute Gasteiger partial charge is 0.306 e. The van der Waals surface area contributed by atoms with Gasteiger partial charge in [0.05, 0.1) is 17.9 Å². The molecule has 2 atom stereocenters. The van der Waals surface area contributed by atoms with E-state index in [0.717, 1.165) is 5.56 Å². The van der Waals surface area contributed by atoms with Crippen molar-refractivity contribution in [3.63, 3.8) is 0 Å². The molecule has 3 heterocycles. The molecular weight excluding hydrogens is 284 g/mol. The first-order chi connectivity index (χ1) is 10.7. The number of piperidine rings is 1. The third kappa shape index (κ3) is 2.95. The molecule has 0 spiro atoms. The molecule has 1 aromatic rings. The molecule has 0 aromatic carbocycles. The number of aromatic nitrogens is 1. The molecule has 1 amide bonds. The average Bonchev–Trinajstić information content (AvgIpc) is 3.04. The van der Waals surface area contributed by atoms with E-state index in [1.54, 1.807) is 17.3 Å². The van der Waals surface area contributed by atoms with Crippen molar-refractivity contribution in [1.82, 2.24) is 20.7 Å². The number of nitrogens with one attached hydrogen (secondary N) is 2. The van der Waals surface area contributed by atoms with Gasteiger partial charge in [0.15, 0.2) is 0 Å².